The van der Waals surface area contributed by atoms with Crippen LogP contribution in [0.5, 0.6) is 5.75 Å². The van der Waals surface area contributed by atoms with Crippen LogP contribution in [0.25, 0.3) is 0 Å². The van der Waals surface area contributed by atoms with E-state index in [4.69, 9.17) is 9.57 Å². The Bertz CT molecular complexity index is 968. The van der Waals surface area contributed by atoms with E-state index in [1.165, 1.54) is 25.1 Å². The van der Waals surface area contributed by atoms with Gasteiger partial charge in [-0.25, -0.2) is 19.4 Å². The van der Waals surface area contributed by atoms with E-state index in [1.807, 2.05) is 23.3 Å². The lowest BCUT2D eigenvalue weighted by Gasteiger charge is -2.24. The molecule has 1 aromatic heterocycles. The number of nitrogens with zero attached hydrogens (tertiary/aromatic N) is 3. The molecule has 6 nitrogen and oxygen atoms in total. The van der Waals surface area contributed by atoms with Gasteiger partial charge in [0.05, 0.1) is 25.4 Å². The van der Waals surface area contributed by atoms with E-state index in [1.54, 1.807) is 19.1 Å². The number of hydrogen-bond donors (Lipinski definition) is 1. The van der Waals surface area contributed by atoms with Crippen LogP contribution in [-0.4, -0.2) is 23.7 Å². The van der Waals surface area contributed by atoms with Crippen LogP contribution < -0.4 is 15.1 Å². The van der Waals surface area contributed by atoms with Gasteiger partial charge in [-0.3, -0.25) is 4.84 Å². The fraction of sp³-hybridized carbons (Fsp3) is 0.238. The zero-order valence-corrected chi connectivity index (χ0v) is 15.7. The van der Waals surface area contributed by atoms with E-state index in [-0.39, 0.29) is 11.9 Å². The van der Waals surface area contributed by atoms with Crippen LogP contribution in [0.4, 0.5) is 21.7 Å². The van der Waals surface area contributed by atoms with Crippen LogP contribution >= 0.6 is 0 Å². The Balaban J connectivity index is 1.61. The largest absolute Gasteiger partial charge is 0.494 e. The Morgan fingerprint density at radius 3 is 2.79 bits per heavy atom. The number of aryl methyl sites for hydroxylation is 1. The van der Waals surface area contributed by atoms with E-state index in [0.717, 1.165) is 6.42 Å². The summed E-state index contributed by atoms with van der Waals surface area (Å²) in [5.41, 5.74) is 2.32. The Labute approximate surface area is 162 Å². The molecule has 3 aromatic rings. The molecule has 0 bridgehead atoms. The van der Waals surface area contributed by atoms with Gasteiger partial charge in [-0.15, -0.1) is 0 Å². The molecule has 28 heavy (non-hydrogen) atoms. The SMILES string of the molecule is COc1cc(F)c(C)cc1Nc1cc(N2OCC[C@@H]2c2ccccc2)ncn1. The molecule has 4 rings (SSSR count). The van der Waals surface area contributed by atoms with Gasteiger partial charge in [0.1, 0.15) is 23.7 Å². The molecule has 0 radical (unpaired) electrons. The minimum absolute atomic E-state index is 0.0894. The third-order valence-corrected chi connectivity index (χ3v) is 4.71. The molecule has 1 atom stereocenters. The number of hydroxylamine groups is 1. The molecule has 0 unspecified atom stereocenters. The molecule has 1 fully saturated rings. The first kappa shape index (κ1) is 18.2. The summed E-state index contributed by atoms with van der Waals surface area (Å²) in [5.74, 6) is 1.31. The summed E-state index contributed by atoms with van der Waals surface area (Å²) in [4.78, 5) is 14.5. The summed E-state index contributed by atoms with van der Waals surface area (Å²) in [7, 11) is 1.50. The molecule has 7 heteroatoms. The second-order valence-corrected chi connectivity index (χ2v) is 6.56. The normalized spacial score (nSPS) is 16.2. The molecule has 0 saturated carbocycles. The van der Waals surface area contributed by atoms with E-state index in [0.29, 0.717) is 35.2 Å². The third-order valence-electron chi connectivity index (χ3n) is 4.71. The quantitative estimate of drug-likeness (QED) is 0.700. The fourth-order valence-corrected chi connectivity index (χ4v) is 3.28. The number of methoxy groups -OCH3 is 1. The van der Waals surface area contributed by atoms with Crippen molar-refractivity contribution in [2.45, 2.75) is 19.4 Å². The van der Waals surface area contributed by atoms with Crippen molar-refractivity contribution >= 4 is 17.3 Å². The Hall–Kier alpha value is -3.19. The highest BCUT2D eigenvalue weighted by atomic mass is 19.1. The first-order valence-electron chi connectivity index (χ1n) is 9.06. The Kier molecular flexibility index (Phi) is 5.08. The lowest BCUT2D eigenvalue weighted by Crippen LogP contribution is -2.22. The topological polar surface area (TPSA) is 59.5 Å². The Morgan fingerprint density at radius 1 is 1.18 bits per heavy atom. The monoisotopic (exact) mass is 380 g/mol. The second kappa shape index (κ2) is 7.82. The minimum atomic E-state index is -0.318. The lowest BCUT2D eigenvalue weighted by molar-refractivity contribution is 0.157. The highest BCUT2D eigenvalue weighted by Gasteiger charge is 2.29. The molecule has 0 aliphatic carbocycles. The molecular formula is C21H21FN4O2. The predicted octanol–water partition coefficient (Wildman–Crippen LogP) is 4.56. The van der Waals surface area contributed by atoms with Gasteiger partial charge >= 0.3 is 0 Å². The summed E-state index contributed by atoms with van der Waals surface area (Å²) >= 11 is 0. The van der Waals surface area contributed by atoms with Gasteiger partial charge < -0.3 is 10.1 Å². The van der Waals surface area contributed by atoms with Crippen LogP contribution in [0.2, 0.25) is 0 Å². The predicted molar refractivity (Wildman–Crippen MR) is 105 cm³/mol. The maximum Gasteiger partial charge on any atom is 0.158 e. The van der Waals surface area contributed by atoms with Crippen molar-refractivity contribution in [2.75, 3.05) is 24.1 Å². The number of anilines is 3. The molecule has 144 valence electrons. The zero-order chi connectivity index (χ0) is 19.5. The van der Waals surface area contributed by atoms with Gasteiger partial charge in [0.2, 0.25) is 0 Å². The molecule has 0 spiro atoms. The van der Waals surface area contributed by atoms with Crippen LogP contribution in [-0.2, 0) is 4.84 Å². The number of hydrogen-bond acceptors (Lipinski definition) is 6. The van der Waals surface area contributed by atoms with Gasteiger partial charge in [0.25, 0.3) is 0 Å². The number of halogens is 1. The minimum Gasteiger partial charge on any atom is -0.494 e. The van der Waals surface area contributed by atoms with Gasteiger partial charge in [-0.2, -0.15) is 0 Å². The molecule has 1 aliphatic heterocycles. The maximum absolute atomic E-state index is 13.8. The van der Waals surface area contributed by atoms with Crippen molar-refractivity contribution in [2.24, 2.45) is 0 Å². The third kappa shape index (κ3) is 3.61. The number of benzene rings is 2. The van der Waals surface area contributed by atoms with Gasteiger partial charge in [0, 0.05) is 18.6 Å². The summed E-state index contributed by atoms with van der Waals surface area (Å²) in [5, 5.41) is 5.00. The van der Waals surface area contributed by atoms with E-state index in [2.05, 4.69) is 27.4 Å². The molecule has 1 saturated heterocycles. The molecule has 2 aromatic carbocycles. The highest BCUT2D eigenvalue weighted by Crippen LogP contribution is 2.35. The smallest absolute Gasteiger partial charge is 0.158 e. The summed E-state index contributed by atoms with van der Waals surface area (Å²) in [6.45, 7) is 2.32. The van der Waals surface area contributed by atoms with Crippen LogP contribution in [0.3, 0.4) is 0 Å². The maximum atomic E-state index is 13.8. The molecule has 1 aliphatic rings. The summed E-state index contributed by atoms with van der Waals surface area (Å²) in [6.07, 6.45) is 2.35. The molecular weight excluding hydrogens is 359 g/mol. The van der Waals surface area contributed by atoms with Gasteiger partial charge in [-0.05, 0) is 24.1 Å². The van der Waals surface area contributed by atoms with E-state index < -0.39 is 0 Å². The van der Waals surface area contributed by atoms with Crippen molar-refractivity contribution in [3.8, 4) is 5.75 Å². The van der Waals surface area contributed by atoms with Crippen molar-refractivity contribution < 1.29 is 14.0 Å². The average molecular weight is 380 g/mol. The fourth-order valence-electron chi connectivity index (χ4n) is 3.28. The summed E-state index contributed by atoms with van der Waals surface area (Å²) in [6, 6.07) is 15.1. The molecule has 0 amide bonds. The number of ether oxygens (including phenoxy) is 1. The van der Waals surface area contributed by atoms with Crippen LogP contribution in [0.1, 0.15) is 23.6 Å². The standard InChI is InChI=1S/C21H21FN4O2/c1-14-10-17(19(27-2)11-16(14)22)25-20-12-21(24-13-23-20)26-18(8-9-28-26)15-6-4-3-5-7-15/h3-7,10-13,18H,8-9H2,1-2H3,(H,23,24,25)/t18-/m1/s1. The molecule has 1 N–H and O–H groups in total. The number of rotatable bonds is 5. The van der Waals surface area contributed by atoms with Crippen molar-refractivity contribution in [3.05, 3.63) is 71.8 Å². The molecule has 2 heterocycles. The first-order valence-corrected chi connectivity index (χ1v) is 9.06. The number of aromatic nitrogens is 2. The van der Waals surface area contributed by atoms with Crippen LogP contribution in [0.15, 0.2) is 54.9 Å². The van der Waals surface area contributed by atoms with E-state index >= 15 is 0 Å². The van der Waals surface area contributed by atoms with E-state index in [9.17, 15) is 4.39 Å². The van der Waals surface area contributed by atoms with Crippen molar-refractivity contribution in [3.63, 3.8) is 0 Å². The second-order valence-electron chi connectivity index (χ2n) is 6.56. The van der Waals surface area contributed by atoms with Crippen LogP contribution in [0, 0.1) is 12.7 Å². The average Bonchev–Trinajstić information content (AvgIpc) is 3.21. The van der Waals surface area contributed by atoms with Crippen molar-refractivity contribution in [1.82, 2.24) is 9.97 Å². The highest BCUT2D eigenvalue weighted by molar-refractivity contribution is 5.66. The zero-order valence-electron chi connectivity index (χ0n) is 15.7. The lowest BCUT2D eigenvalue weighted by atomic mass is 10.0. The first-order chi connectivity index (χ1) is 13.7. The Morgan fingerprint density at radius 2 is 2.00 bits per heavy atom. The van der Waals surface area contributed by atoms with Crippen molar-refractivity contribution in [1.29, 1.82) is 0 Å². The number of nitrogens with one attached hydrogen (secondary N) is 1. The summed E-state index contributed by atoms with van der Waals surface area (Å²) < 4.78 is 19.1. The van der Waals surface area contributed by atoms with Gasteiger partial charge in [0.15, 0.2) is 5.82 Å². The van der Waals surface area contributed by atoms with Gasteiger partial charge in [-0.1, -0.05) is 30.3 Å².